The van der Waals surface area contributed by atoms with Crippen LogP contribution in [0, 0.1) is 6.92 Å². The molecule has 1 atom stereocenters. The Morgan fingerprint density at radius 1 is 0.939 bits per heavy atom. The van der Waals surface area contributed by atoms with Crippen molar-refractivity contribution in [3.63, 3.8) is 0 Å². The molecule has 3 aromatic rings. The van der Waals surface area contributed by atoms with Crippen LogP contribution in [0.5, 0.6) is 5.75 Å². The van der Waals surface area contributed by atoms with Crippen molar-refractivity contribution < 1.29 is 19.1 Å². The summed E-state index contributed by atoms with van der Waals surface area (Å²) in [5.74, 6) is -0.270. The molecule has 0 saturated carbocycles. The van der Waals surface area contributed by atoms with Gasteiger partial charge in [0, 0.05) is 6.54 Å². The van der Waals surface area contributed by atoms with E-state index < -0.39 is 11.9 Å². The molecular formula is C27H26N2O4. The van der Waals surface area contributed by atoms with Gasteiger partial charge in [0.05, 0.1) is 25.6 Å². The Balaban J connectivity index is 1.62. The molecule has 1 unspecified atom stereocenters. The number of hydrogen-bond acceptors (Lipinski definition) is 4. The molecule has 33 heavy (non-hydrogen) atoms. The first-order chi connectivity index (χ1) is 16.0. The molecule has 1 fully saturated rings. The first kappa shape index (κ1) is 22.3. The number of methoxy groups -OCH3 is 1. The van der Waals surface area contributed by atoms with Gasteiger partial charge in [-0.05, 0) is 42.3 Å². The summed E-state index contributed by atoms with van der Waals surface area (Å²) in [6, 6.07) is 23.1. The van der Waals surface area contributed by atoms with Crippen LogP contribution in [0.25, 0.3) is 0 Å². The molecule has 6 heteroatoms. The van der Waals surface area contributed by atoms with Gasteiger partial charge in [-0.15, -0.1) is 0 Å². The third-order valence-electron chi connectivity index (χ3n) is 5.82. The highest BCUT2D eigenvalue weighted by Crippen LogP contribution is 2.28. The van der Waals surface area contributed by atoms with Gasteiger partial charge in [-0.25, -0.2) is 4.90 Å². The Morgan fingerprint density at radius 2 is 1.61 bits per heavy atom. The van der Waals surface area contributed by atoms with Crippen molar-refractivity contribution in [1.29, 1.82) is 0 Å². The Labute approximate surface area is 193 Å². The van der Waals surface area contributed by atoms with Crippen LogP contribution in [0.4, 0.5) is 5.69 Å². The Kier molecular flexibility index (Phi) is 6.54. The predicted molar refractivity (Wildman–Crippen MR) is 126 cm³/mol. The molecule has 168 valence electrons. The zero-order chi connectivity index (χ0) is 23.4. The summed E-state index contributed by atoms with van der Waals surface area (Å²) >= 11 is 0. The molecule has 3 amide bonds. The second kappa shape index (κ2) is 9.69. The summed E-state index contributed by atoms with van der Waals surface area (Å²) in [5.41, 5.74) is 3.35. The van der Waals surface area contributed by atoms with E-state index >= 15 is 0 Å². The summed E-state index contributed by atoms with van der Waals surface area (Å²) in [5, 5.41) is 0. The first-order valence-corrected chi connectivity index (χ1v) is 10.9. The van der Waals surface area contributed by atoms with E-state index in [9.17, 15) is 14.4 Å². The second-order valence-corrected chi connectivity index (χ2v) is 8.15. The largest absolute Gasteiger partial charge is 0.497 e. The summed E-state index contributed by atoms with van der Waals surface area (Å²) < 4.78 is 5.17. The number of nitrogens with zero attached hydrogens (tertiary/aromatic N) is 2. The summed E-state index contributed by atoms with van der Waals surface area (Å²) in [7, 11) is 1.55. The Bertz CT molecular complexity index is 1140. The number of carbonyl (C=O) groups is 3. The van der Waals surface area contributed by atoms with E-state index in [2.05, 4.69) is 0 Å². The number of hydrogen-bond donors (Lipinski definition) is 0. The minimum Gasteiger partial charge on any atom is -0.497 e. The summed E-state index contributed by atoms with van der Waals surface area (Å²) in [6.45, 7) is 2.25. The first-order valence-electron chi connectivity index (χ1n) is 10.9. The lowest BCUT2D eigenvalue weighted by molar-refractivity contribution is -0.138. The number of rotatable bonds is 7. The minimum atomic E-state index is -0.850. The van der Waals surface area contributed by atoms with Crippen LogP contribution in [0.15, 0.2) is 78.9 Å². The maximum absolute atomic E-state index is 13.4. The van der Waals surface area contributed by atoms with Gasteiger partial charge in [0.1, 0.15) is 11.8 Å². The minimum absolute atomic E-state index is 0.0444. The van der Waals surface area contributed by atoms with Crippen LogP contribution in [0.3, 0.4) is 0 Å². The molecule has 1 heterocycles. The third kappa shape index (κ3) is 4.95. The third-order valence-corrected chi connectivity index (χ3v) is 5.82. The SMILES string of the molecule is COc1ccc(N2C(=O)CC(N(Cc3ccc(C)cc3)C(=O)Cc3ccccc3)C2=O)cc1. The van der Waals surface area contributed by atoms with Crippen LogP contribution in [-0.4, -0.2) is 35.8 Å². The number of benzene rings is 3. The maximum atomic E-state index is 13.4. The number of anilines is 1. The lowest BCUT2D eigenvalue weighted by Gasteiger charge is -2.28. The monoisotopic (exact) mass is 442 g/mol. The highest BCUT2D eigenvalue weighted by Gasteiger charge is 2.44. The molecule has 1 aliphatic heterocycles. The van der Waals surface area contributed by atoms with E-state index in [4.69, 9.17) is 4.74 Å². The van der Waals surface area contributed by atoms with Crippen molar-refractivity contribution in [2.75, 3.05) is 12.0 Å². The fraction of sp³-hybridized carbons (Fsp3) is 0.222. The average molecular weight is 443 g/mol. The average Bonchev–Trinajstić information content (AvgIpc) is 3.12. The lowest BCUT2D eigenvalue weighted by Crippen LogP contribution is -2.45. The summed E-state index contributed by atoms with van der Waals surface area (Å²) in [6.07, 6.45) is 0.116. The van der Waals surface area contributed by atoms with Crippen molar-refractivity contribution in [2.24, 2.45) is 0 Å². The molecule has 0 N–H and O–H groups in total. The van der Waals surface area contributed by atoms with Crippen LogP contribution in [0.1, 0.15) is 23.1 Å². The fourth-order valence-electron chi connectivity index (χ4n) is 4.00. The number of amides is 3. The topological polar surface area (TPSA) is 66.9 Å². The van der Waals surface area contributed by atoms with Gasteiger partial charge in [0.25, 0.3) is 5.91 Å². The predicted octanol–water partition coefficient (Wildman–Crippen LogP) is 3.91. The Morgan fingerprint density at radius 3 is 2.24 bits per heavy atom. The van der Waals surface area contributed by atoms with Crippen LogP contribution >= 0.6 is 0 Å². The molecule has 4 rings (SSSR count). The zero-order valence-corrected chi connectivity index (χ0v) is 18.7. The summed E-state index contributed by atoms with van der Waals surface area (Å²) in [4.78, 5) is 42.4. The molecule has 0 radical (unpaired) electrons. The highest BCUT2D eigenvalue weighted by atomic mass is 16.5. The zero-order valence-electron chi connectivity index (χ0n) is 18.7. The van der Waals surface area contributed by atoms with Gasteiger partial charge in [-0.2, -0.15) is 0 Å². The maximum Gasteiger partial charge on any atom is 0.257 e. The molecule has 1 saturated heterocycles. The van der Waals surface area contributed by atoms with Crippen LogP contribution in [-0.2, 0) is 27.3 Å². The molecule has 0 spiro atoms. The van der Waals surface area contributed by atoms with Crippen molar-refractivity contribution in [3.8, 4) is 5.75 Å². The quantitative estimate of drug-likeness (QED) is 0.521. The molecule has 3 aromatic carbocycles. The number of ether oxygens (including phenoxy) is 1. The van der Waals surface area contributed by atoms with E-state index in [1.807, 2.05) is 61.5 Å². The highest BCUT2D eigenvalue weighted by molar-refractivity contribution is 6.23. The van der Waals surface area contributed by atoms with Crippen LogP contribution < -0.4 is 9.64 Å². The second-order valence-electron chi connectivity index (χ2n) is 8.15. The standard InChI is InChI=1S/C27H26N2O4/c1-19-8-10-21(11-9-19)18-28(25(30)16-20-6-4-3-5-7-20)24-17-26(31)29(27(24)32)22-12-14-23(33-2)15-13-22/h3-15,24H,16-18H2,1-2H3. The van der Waals surface area contributed by atoms with Crippen molar-refractivity contribution in [3.05, 3.63) is 95.6 Å². The molecule has 1 aliphatic rings. The number of carbonyl (C=O) groups excluding carboxylic acids is 3. The van der Waals surface area contributed by atoms with E-state index in [1.54, 1.807) is 36.3 Å². The van der Waals surface area contributed by atoms with Crippen LogP contribution in [0.2, 0.25) is 0 Å². The van der Waals surface area contributed by atoms with Crippen molar-refractivity contribution >= 4 is 23.4 Å². The van der Waals surface area contributed by atoms with E-state index in [0.717, 1.165) is 16.7 Å². The molecule has 0 bridgehead atoms. The number of aryl methyl sites for hydroxylation is 1. The Hall–Kier alpha value is -3.93. The van der Waals surface area contributed by atoms with E-state index in [-0.39, 0.29) is 31.2 Å². The molecular weight excluding hydrogens is 416 g/mol. The normalized spacial score (nSPS) is 15.6. The smallest absolute Gasteiger partial charge is 0.257 e. The lowest BCUT2D eigenvalue weighted by atomic mass is 10.1. The van der Waals surface area contributed by atoms with Gasteiger partial charge < -0.3 is 9.64 Å². The van der Waals surface area contributed by atoms with Gasteiger partial charge in [-0.1, -0.05) is 60.2 Å². The van der Waals surface area contributed by atoms with E-state index in [0.29, 0.717) is 11.4 Å². The van der Waals surface area contributed by atoms with Crippen molar-refractivity contribution in [2.45, 2.75) is 32.4 Å². The van der Waals surface area contributed by atoms with Gasteiger partial charge in [0.2, 0.25) is 11.8 Å². The van der Waals surface area contributed by atoms with Gasteiger partial charge >= 0.3 is 0 Å². The molecule has 0 aliphatic carbocycles. The van der Waals surface area contributed by atoms with Gasteiger partial charge in [-0.3, -0.25) is 14.4 Å². The fourth-order valence-corrected chi connectivity index (χ4v) is 4.00. The van der Waals surface area contributed by atoms with Crippen molar-refractivity contribution in [1.82, 2.24) is 4.90 Å². The van der Waals surface area contributed by atoms with E-state index in [1.165, 1.54) is 4.90 Å². The molecule has 6 nitrogen and oxygen atoms in total. The number of imide groups is 1. The van der Waals surface area contributed by atoms with Gasteiger partial charge in [0.15, 0.2) is 0 Å². The molecule has 0 aromatic heterocycles.